The van der Waals surface area contributed by atoms with Gasteiger partial charge in [-0.1, -0.05) is 36.4 Å². The summed E-state index contributed by atoms with van der Waals surface area (Å²) < 4.78 is 27.5. The summed E-state index contributed by atoms with van der Waals surface area (Å²) in [5.74, 6) is 2.87. The fraction of sp³-hybridized carbons (Fsp3) is 0.440. The van der Waals surface area contributed by atoms with Crippen LogP contribution < -0.4 is 0 Å². The maximum atomic E-state index is 12.9. The Morgan fingerprint density at radius 1 is 1.00 bits per heavy atom. The SMILES string of the molecule is O=S(=O)(CCCN1CCSC1)N1CCC(c2c[nH]c3ccc(-c4ccccc4)cc23)CC1. The molecule has 0 amide bonds. The number of H-pyrrole nitrogens is 1. The minimum absolute atomic E-state index is 0.270. The summed E-state index contributed by atoms with van der Waals surface area (Å²) in [6.45, 7) is 3.23. The van der Waals surface area contributed by atoms with Crippen LogP contribution in [-0.4, -0.2) is 66.2 Å². The minimum Gasteiger partial charge on any atom is -0.361 e. The molecule has 170 valence electrons. The molecular formula is C25H31N3O2S2. The molecule has 0 unspecified atom stereocenters. The fourth-order valence-corrected chi connectivity index (χ4v) is 7.52. The van der Waals surface area contributed by atoms with E-state index < -0.39 is 10.0 Å². The van der Waals surface area contributed by atoms with Gasteiger partial charge in [0.05, 0.1) is 5.75 Å². The fourth-order valence-electron chi connectivity index (χ4n) is 4.96. The van der Waals surface area contributed by atoms with Crippen molar-refractivity contribution in [2.45, 2.75) is 25.2 Å². The van der Waals surface area contributed by atoms with Gasteiger partial charge in [0.1, 0.15) is 0 Å². The number of fused-ring (bicyclic) bond motifs is 1. The highest BCUT2D eigenvalue weighted by Gasteiger charge is 2.29. The van der Waals surface area contributed by atoms with Crippen LogP contribution in [0.15, 0.2) is 54.7 Å². The lowest BCUT2D eigenvalue weighted by atomic mass is 9.89. The van der Waals surface area contributed by atoms with E-state index >= 15 is 0 Å². The van der Waals surface area contributed by atoms with E-state index in [4.69, 9.17) is 0 Å². The van der Waals surface area contributed by atoms with Crippen LogP contribution in [0, 0.1) is 0 Å². The molecule has 0 saturated carbocycles. The average Bonchev–Trinajstić information content (AvgIpc) is 3.49. The standard InChI is InChI=1S/C25H31N3O2S2/c29-32(30,16-4-11-27-14-15-31-19-27)28-12-9-21(10-13-28)24-18-26-25-8-7-22(17-23(24)25)20-5-2-1-3-6-20/h1-3,5-8,17-18,21,26H,4,9-16,19H2. The van der Waals surface area contributed by atoms with E-state index in [-0.39, 0.29) is 5.75 Å². The van der Waals surface area contributed by atoms with E-state index in [0.717, 1.165) is 43.7 Å². The van der Waals surface area contributed by atoms with Crippen LogP contribution in [0.1, 0.15) is 30.7 Å². The van der Waals surface area contributed by atoms with E-state index in [2.05, 4.69) is 58.5 Å². The number of benzene rings is 2. The van der Waals surface area contributed by atoms with Crippen LogP contribution in [-0.2, 0) is 10.0 Å². The predicted molar refractivity (Wildman–Crippen MR) is 135 cm³/mol. The van der Waals surface area contributed by atoms with E-state index in [0.29, 0.717) is 19.0 Å². The molecule has 0 aliphatic carbocycles. The van der Waals surface area contributed by atoms with Gasteiger partial charge < -0.3 is 4.98 Å². The van der Waals surface area contributed by atoms with E-state index in [1.54, 1.807) is 4.31 Å². The summed E-state index contributed by atoms with van der Waals surface area (Å²) >= 11 is 1.93. The van der Waals surface area contributed by atoms with Gasteiger partial charge in [-0.05, 0) is 54.0 Å². The molecule has 2 aliphatic heterocycles. The van der Waals surface area contributed by atoms with E-state index in [1.165, 1.54) is 27.8 Å². The zero-order chi connectivity index (χ0) is 22.0. The number of nitrogens with one attached hydrogen (secondary N) is 1. The van der Waals surface area contributed by atoms with Crippen molar-refractivity contribution in [3.05, 3.63) is 60.3 Å². The van der Waals surface area contributed by atoms with Gasteiger partial charge in [0.2, 0.25) is 10.0 Å². The Morgan fingerprint density at radius 3 is 2.56 bits per heavy atom. The Morgan fingerprint density at radius 2 is 1.81 bits per heavy atom. The van der Waals surface area contributed by atoms with Crippen LogP contribution in [0.2, 0.25) is 0 Å². The van der Waals surface area contributed by atoms with Gasteiger partial charge in [-0.25, -0.2) is 12.7 Å². The lowest BCUT2D eigenvalue weighted by molar-refractivity contribution is 0.317. The largest absolute Gasteiger partial charge is 0.361 e. The first-order chi connectivity index (χ1) is 15.6. The maximum Gasteiger partial charge on any atom is 0.214 e. The Kier molecular flexibility index (Phi) is 6.60. The second kappa shape index (κ2) is 9.59. The smallest absolute Gasteiger partial charge is 0.214 e. The molecule has 3 heterocycles. The molecule has 2 fully saturated rings. The second-order valence-corrected chi connectivity index (χ2v) is 12.0. The van der Waals surface area contributed by atoms with Gasteiger partial charge in [-0.3, -0.25) is 4.90 Å². The van der Waals surface area contributed by atoms with Crippen molar-refractivity contribution in [1.82, 2.24) is 14.2 Å². The quantitative estimate of drug-likeness (QED) is 0.543. The highest BCUT2D eigenvalue weighted by atomic mass is 32.2. The van der Waals surface area contributed by atoms with E-state index in [1.807, 2.05) is 17.8 Å². The number of nitrogens with zero attached hydrogens (tertiary/aromatic N) is 2. The topological polar surface area (TPSA) is 56.4 Å². The summed E-state index contributed by atoms with van der Waals surface area (Å²) in [5, 5.41) is 1.26. The van der Waals surface area contributed by atoms with Crippen molar-refractivity contribution in [3.63, 3.8) is 0 Å². The normalized spacial score (nSPS) is 19.1. The van der Waals surface area contributed by atoms with Crippen LogP contribution in [0.4, 0.5) is 0 Å². The van der Waals surface area contributed by atoms with Crippen LogP contribution >= 0.6 is 11.8 Å². The molecular weight excluding hydrogens is 438 g/mol. The van der Waals surface area contributed by atoms with Crippen molar-refractivity contribution in [2.75, 3.05) is 43.6 Å². The van der Waals surface area contributed by atoms with Gasteiger partial charge in [0.25, 0.3) is 0 Å². The average molecular weight is 470 g/mol. The number of hydrogen-bond acceptors (Lipinski definition) is 4. The van der Waals surface area contributed by atoms with Gasteiger partial charge in [0, 0.05) is 54.9 Å². The summed E-state index contributed by atoms with van der Waals surface area (Å²) in [5.41, 5.74) is 4.90. The molecule has 0 bridgehead atoms. The zero-order valence-corrected chi connectivity index (χ0v) is 20.0. The second-order valence-electron chi connectivity index (χ2n) is 8.87. The number of piperidine rings is 1. The molecule has 0 radical (unpaired) electrons. The van der Waals surface area contributed by atoms with Crippen molar-refractivity contribution in [1.29, 1.82) is 0 Å². The van der Waals surface area contributed by atoms with Crippen LogP contribution in [0.25, 0.3) is 22.0 Å². The number of aromatic amines is 1. The molecule has 7 heteroatoms. The van der Waals surface area contributed by atoms with Crippen molar-refractivity contribution < 1.29 is 8.42 Å². The number of thioether (sulfide) groups is 1. The molecule has 2 aliphatic rings. The highest BCUT2D eigenvalue weighted by Crippen LogP contribution is 2.35. The third kappa shape index (κ3) is 4.76. The molecule has 1 aromatic heterocycles. The molecule has 0 spiro atoms. The molecule has 5 rings (SSSR count). The Bertz CT molecular complexity index is 1150. The molecule has 32 heavy (non-hydrogen) atoms. The van der Waals surface area contributed by atoms with Gasteiger partial charge in [0.15, 0.2) is 0 Å². The molecule has 2 aromatic carbocycles. The highest BCUT2D eigenvalue weighted by molar-refractivity contribution is 7.99. The molecule has 3 aromatic rings. The number of hydrogen-bond donors (Lipinski definition) is 1. The lowest BCUT2D eigenvalue weighted by Crippen LogP contribution is -2.39. The molecule has 0 atom stereocenters. The summed E-state index contributed by atoms with van der Waals surface area (Å²) in [6.07, 6.45) is 4.62. The molecule has 5 nitrogen and oxygen atoms in total. The van der Waals surface area contributed by atoms with Crippen molar-refractivity contribution >= 4 is 32.7 Å². The van der Waals surface area contributed by atoms with Gasteiger partial charge >= 0.3 is 0 Å². The summed E-state index contributed by atoms with van der Waals surface area (Å²) in [7, 11) is -3.16. The number of rotatable bonds is 7. The Balaban J connectivity index is 1.24. The Labute approximate surface area is 195 Å². The Hall–Kier alpha value is -1.80. The first-order valence-corrected chi connectivity index (χ1v) is 14.3. The van der Waals surface area contributed by atoms with Crippen molar-refractivity contribution in [2.24, 2.45) is 0 Å². The maximum absolute atomic E-state index is 12.9. The third-order valence-electron chi connectivity index (χ3n) is 6.81. The van der Waals surface area contributed by atoms with Crippen LogP contribution in [0.3, 0.4) is 0 Å². The van der Waals surface area contributed by atoms with Crippen molar-refractivity contribution in [3.8, 4) is 11.1 Å². The monoisotopic (exact) mass is 469 g/mol. The van der Waals surface area contributed by atoms with Crippen LogP contribution in [0.5, 0.6) is 0 Å². The minimum atomic E-state index is -3.16. The number of aromatic nitrogens is 1. The molecule has 1 N–H and O–H groups in total. The third-order valence-corrected chi connectivity index (χ3v) is 9.79. The number of sulfonamides is 1. The van der Waals surface area contributed by atoms with E-state index in [9.17, 15) is 8.42 Å². The predicted octanol–water partition coefficient (Wildman–Crippen LogP) is 4.74. The summed E-state index contributed by atoms with van der Waals surface area (Å²) in [6, 6.07) is 17.0. The van der Waals surface area contributed by atoms with Gasteiger partial charge in [-0.2, -0.15) is 0 Å². The lowest BCUT2D eigenvalue weighted by Gasteiger charge is -2.31. The molecule has 2 saturated heterocycles. The zero-order valence-electron chi connectivity index (χ0n) is 18.4. The summed E-state index contributed by atoms with van der Waals surface area (Å²) in [4.78, 5) is 5.78. The van der Waals surface area contributed by atoms with Gasteiger partial charge in [-0.15, -0.1) is 11.8 Å². The first kappa shape index (κ1) is 22.0. The first-order valence-electron chi connectivity index (χ1n) is 11.5.